The molecule has 0 aliphatic rings. The van der Waals surface area contributed by atoms with Gasteiger partial charge in [0.25, 0.3) is 0 Å². The molecule has 1 aromatic heterocycles. The van der Waals surface area contributed by atoms with E-state index in [1.54, 1.807) is 13.3 Å². The Morgan fingerprint density at radius 3 is 2.33 bits per heavy atom. The number of aromatic nitrogens is 2. The lowest BCUT2D eigenvalue weighted by molar-refractivity contribution is 0.391. The topological polar surface area (TPSA) is 27.1 Å². The van der Waals surface area contributed by atoms with Crippen molar-refractivity contribution >= 4 is 0 Å². The maximum atomic E-state index is 5.21. The van der Waals surface area contributed by atoms with E-state index in [4.69, 9.17) is 4.74 Å². The van der Waals surface area contributed by atoms with E-state index in [0.717, 1.165) is 11.4 Å². The van der Waals surface area contributed by atoms with Crippen LogP contribution in [0.15, 0.2) is 6.20 Å². The average Bonchev–Trinajstić information content (AvgIpc) is 2.29. The van der Waals surface area contributed by atoms with Crippen LogP contribution in [0.5, 0.6) is 5.75 Å². The highest BCUT2D eigenvalue weighted by Crippen LogP contribution is 2.29. The molecule has 3 nitrogen and oxygen atoms in total. The van der Waals surface area contributed by atoms with Crippen molar-refractivity contribution in [2.45, 2.75) is 26.2 Å². The molecule has 0 bridgehead atoms. The summed E-state index contributed by atoms with van der Waals surface area (Å²) < 4.78 is 7.07. The third kappa shape index (κ3) is 1.44. The Hall–Kier alpha value is -0.990. The van der Waals surface area contributed by atoms with Gasteiger partial charge in [-0.2, -0.15) is 5.10 Å². The fraction of sp³-hybridized carbons (Fsp3) is 0.667. The van der Waals surface area contributed by atoms with Gasteiger partial charge < -0.3 is 4.74 Å². The van der Waals surface area contributed by atoms with Gasteiger partial charge in [-0.25, -0.2) is 0 Å². The molecule has 0 atom stereocenters. The molecular formula is C9H16N2O. The van der Waals surface area contributed by atoms with Crippen molar-refractivity contribution in [1.82, 2.24) is 9.78 Å². The third-order valence-corrected chi connectivity index (χ3v) is 1.84. The molecule has 0 aliphatic heterocycles. The zero-order chi connectivity index (χ0) is 9.35. The zero-order valence-corrected chi connectivity index (χ0v) is 8.38. The molecule has 3 heteroatoms. The second-order valence-corrected chi connectivity index (χ2v) is 3.94. The standard InChI is InChI=1S/C9H16N2O/c1-9(2,3)8-7(12-5)6-10-11(8)4/h6H,1-5H3. The lowest BCUT2D eigenvalue weighted by Gasteiger charge is -2.19. The van der Waals surface area contributed by atoms with Crippen molar-refractivity contribution in [1.29, 1.82) is 0 Å². The minimum Gasteiger partial charge on any atom is -0.493 e. The molecule has 12 heavy (non-hydrogen) atoms. The quantitative estimate of drug-likeness (QED) is 0.638. The van der Waals surface area contributed by atoms with Crippen LogP contribution >= 0.6 is 0 Å². The normalized spacial score (nSPS) is 11.8. The van der Waals surface area contributed by atoms with Crippen LogP contribution < -0.4 is 4.74 Å². The Labute approximate surface area is 73.3 Å². The van der Waals surface area contributed by atoms with Crippen LogP contribution in [0.4, 0.5) is 0 Å². The SMILES string of the molecule is COc1cnn(C)c1C(C)(C)C. The zero-order valence-electron chi connectivity index (χ0n) is 8.38. The van der Waals surface area contributed by atoms with E-state index in [-0.39, 0.29) is 5.41 Å². The van der Waals surface area contributed by atoms with Gasteiger partial charge in [0.15, 0.2) is 5.75 Å². The summed E-state index contributed by atoms with van der Waals surface area (Å²) in [6, 6.07) is 0. The summed E-state index contributed by atoms with van der Waals surface area (Å²) in [6.07, 6.45) is 1.75. The van der Waals surface area contributed by atoms with Gasteiger partial charge in [-0.1, -0.05) is 20.8 Å². The van der Waals surface area contributed by atoms with Gasteiger partial charge in [0, 0.05) is 12.5 Å². The number of nitrogens with zero attached hydrogens (tertiary/aromatic N) is 2. The van der Waals surface area contributed by atoms with Crippen molar-refractivity contribution in [2.24, 2.45) is 7.05 Å². The summed E-state index contributed by atoms with van der Waals surface area (Å²) in [5, 5.41) is 4.15. The molecule has 0 spiro atoms. The molecule has 1 heterocycles. The van der Waals surface area contributed by atoms with Gasteiger partial charge >= 0.3 is 0 Å². The molecule has 0 saturated carbocycles. The summed E-state index contributed by atoms with van der Waals surface area (Å²) in [5.41, 5.74) is 1.21. The second kappa shape index (κ2) is 2.81. The Morgan fingerprint density at radius 2 is 2.00 bits per heavy atom. The van der Waals surface area contributed by atoms with E-state index in [1.165, 1.54) is 0 Å². The van der Waals surface area contributed by atoms with Crippen LogP contribution in [0.25, 0.3) is 0 Å². The van der Waals surface area contributed by atoms with Gasteiger partial charge in [-0.3, -0.25) is 4.68 Å². The van der Waals surface area contributed by atoms with Crippen molar-refractivity contribution in [3.8, 4) is 5.75 Å². The van der Waals surface area contributed by atoms with E-state index in [9.17, 15) is 0 Å². The van der Waals surface area contributed by atoms with E-state index in [1.807, 2.05) is 11.7 Å². The molecule has 1 rings (SSSR count). The third-order valence-electron chi connectivity index (χ3n) is 1.84. The van der Waals surface area contributed by atoms with E-state index < -0.39 is 0 Å². The van der Waals surface area contributed by atoms with E-state index in [0.29, 0.717) is 0 Å². The van der Waals surface area contributed by atoms with E-state index in [2.05, 4.69) is 25.9 Å². The highest BCUT2D eigenvalue weighted by atomic mass is 16.5. The molecule has 68 valence electrons. The average molecular weight is 168 g/mol. The molecular weight excluding hydrogens is 152 g/mol. The molecule has 0 N–H and O–H groups in total. The van der Waals surface area contributed by atoms with Crippen molar-refractivity contribution in [2.75, 3.05) is 7.11 Å². The molecule has 0 unspecified atom stereocenters. The van der Waals surface area contributed by atoms with Crippen LogP contribution in [0, 0.1) is 0 Å². The van der Waals surface area contributed by atoms with Crippen LogP contribution in [-0.2, 0) is 12.5 Å². The fourth-order valence-corrected chi connectivity index (χ4v) is 1.42. The lowest BCUT2D eigenvalue weighted by Crippen LogP contribution is -2.17. The highest BCUT2D eigenvalue weighted by Gasteiger charge is 2.22. The summed E-state index contributed by atoms with van der Waals surface area (Å²) in [4.78, 5) is 0. The van der Waals surface area contributed by atoms with Crippen molar-refractivity contribution in [3.05, 3.63) is 11.9 Å². The maximum absolute atomic E-state index is 5.21. The van der Waals surface area contributed by atoms with Gasteiger partial charge in [0.05, 0.1) is 19.0 Å². The summed E-state index contributed by atoms with van der Waals surface area (Å²) >= 11 is 0. The monoisotopic (exact) mass is 168 g/mol. The number of ether oxygens (including phenoxy) is 1. The van der Waals surface area contributed by atoms with Gasteiger partial charge in [0.2, 0.25) is 0 Å². The lowest BCUT2D eigenvalue weighted by atomic mass is 9.91. The first kappa shape index (κ1) is 9.10. The first-order chi connectivity index (χ1) is 5.46. The molecule has 0 saturated heterocycles. The van der Waals surface area contributed by atoms with Gasteiger partial charge in [-0.05, 0) is 0 Å². The Morgan fingerprint density at radius 1 is 1.42 bits per heavy atom. The minimum atomic E-state index is 0.0800. The summed E-state index contributed by atoms with van der Waals surface area (Å²) in [6.45, 7) is 6.44. The van der Waals surface area contributed by atoms with E-state index >= 15 is 0 Å². The van der Waals surface area contributed by atoms with Crippen molar-refractivity contribution < 1.29 is 4.74 Å². The number of hydrogen-bond donors (Lipinski definition) is 0. The van der Waals surface area contributed by atoms with Gasteiger partial charge in [0.1, 0.15) is 0 Å². The largest absolute Gasteiger partial charge is 0.493 e. The first-order valence-corrected chi connectivity index (χ1v) is 4.03. The number of rotatable bonds is 1. The van der Waals surface area contributed by atoms with Crippen LogP contribution in [0.2, 0.25) is 0 Å². The Balaban J connectivity index is 3.19. The summed E-state index contributed by atoms with van der Waals surface area (Å²) in [5.74, 6) is 0.866. The highest BCUT2D eigenvalue weighted by molar-refractivity contribution is 5.30. The predicted molar refractivity (Wildman–Crippen MR) is 48.5 cm³/mol. The first-order valence-electron chi connectivity index (χ1n) is 4.03. The molecule has 0 amide bonds. The Kier molecular flexibility index (Phi) is 2.13. The second-order valence-electron chi connectivity index (χ2n) is 3.94. The smallest absolute Gasteiger partial charge is 0.160 e. The maximum Gasteiger partial charge on any atom is 0.160 e. The number of hydrogen-bond acceptors (Lipinski definition) is 2. The van der Waals surface area contributed by atoms with Crippen LogP contribution in [0.1, 0.15) is 26.5 Å². The number of aryl methyl sites for hydroxylation is 1. The summed E-state index contributed by atoms with van der Waals surface area (Å²) in [7, 11) is 3.61. The predicted octanol–water partition coefficient (Wildman–Crippen LogP) is 1.73. The minimum absolute atomic E-state index is 0.0800. The molecule has 0 fully saturated rings. The fourth-order valence-electron chi connectivity index (χ4n) is 1.42. The number of methoxy groups -OCH3 is 1. The Bertz CT molecular complexity index is 271. The van der Waals surface area contributed by atoms with Gasteiger partial charge in [-0.15, -0.1) is 0 Å². The molecule has 0 aromatic carbocycles. The van der Waals surface area contributed by atoms with Crippen LogP contribution in [0.3, 0.4) is 0 Å². The molecule has 0 radical (unpaired) electrons. The van der Waals surface area contributed by atoms with Crippen LogP contribution in [-0.4, -0.2) is 16.9 Å². The molecule has 1 aromatic rings. The van der Waals surface area contributed by atoms with Crippen molar-refractivity contribution in [3.63, 3.8) is 0 Å². The molecule has 0 aliphatic carbocycles.